The Morgan fingerprint density at radius 3 is 3.10 bits per heavy atom. The zero-order chi connectivity index (χ0) is 13.9. The van der Waals surface area contributed by atoms with Gasteiger partial charge in [0.05, 0.1) is 6.04 Å². The maximum atomic E-state index is 6.20. The number of benzene rings is 1. The molecule has 0 N–H and O–H groups in total. The predicted octanol–water partition coefficient (Wildman–Crippen LogP) is 3.55. The summed E-state index contributed by atoms with van der Waals surface area (Å²) >= 11 is 0. The van der Waals surface area contributed by atoms with Gasteiger partial charge in [-0.25, -0.2) is 0 Å². The summed E-state index contributed by atoms with van der Waals surface area (Å²) in [6, 6.07) is 6.98. The first-order valence-electron chi connectivity index (χ1n) is 7.34. The van der Waals surface area contributed by atoms with Gasteiger partial charge in [-0.3, -0.25) is 0 Å². The van der Waals surface area contributed by atoms with Gasteiger partial charge in [-0.2, -0.15) is 0 Å². The fraction of sp³-hybridized carbons (Fsp3) is 0.333. The van der Waals surface area contributed by atoms with Crippen LogP contribution in [-0.2, 0) is 6.42 Å². The number of hydrogen-bond acceptors (Lipinski definition) is 2. The van der Waals surface area contributed by atoms with E-state index in [4.69, 9.17) is 4.74 Å². The van der Waals surface area contributed by atoms with Crippen molar-refractivity contribution >= 4 is 5.57 Å². The highest BCUT2D eigenvalue weighted by atomic mass is 16.5. The van der Waals surface area contributed by atoms with Gasteiger partial charge in [0, 0.05) is 23.4 Å². The maximum Gasteiger partial charge on any atom is 0.147 e. The molecule has 2 heterocycles. The van der Waals surface area contributed by atoms with Crippen LogP contribution in [0.3, 0.4) is 0 Å². The minimum absolute atomic E-state index is 0.0452. The monoisotopic (exact) mass is 265 g/mol. The van der Waals surface area contributed by atoms with Gasteiger partial charge < -0.3 is 9.64 Å². The predicted molar refractivity (Wildman–Crippen MR) is 81.6 cm³/mol. The van der Waals surface area contributed by atoms with Crippen LogP contribution in [0, 0.1) is 0 Å². The smallest absolute Gasteiger partial charge is 0.147 e. The fourth-order valence-corrected chi connectivity index (χ4v) is 3.60. The van der Waals surface area contributed by atoms with E-state index in [1.54, 1.807) is 0 Å². The Bertz CT molecular complexity index is 655. The molecule has 4 rings (SSSR count). The summed E-state index contributed by atoms with van der Waals surface area (Å²) in [6.07, 6.45) is 4.09. The van der Waals surface area contributed by atoms with Gasteiger partial charge in [-0.1, -0.05) is 31.7 Å². The Kier molecular flexibility index (Phi) is 2.38. The van der Waals surface area contributed by atoms with E-state index < -0.39 is 0 Å². The van der Waals surface area contributed by atoms with E-state index in [1.165, 1.54) is 28.0 Å². The first-order chi connectivity index (χ1) is 9.76. The topological polar surface area (TPSA) is 12.2 Å². The van der Waals surface area contributed by atoms with Crippen LogP contribution in [0.25, 0.3) is 5.57 Å². The van der Waals surface area contributed by atoms with Crippen LogP contribution >= 0.6 is 0 Å². The van der Waals surface area contributed by atoms with Crippen LogP contribution in [0.4, 0.5) is 0 Å². The average Bonchev–Trinajstić information content (AvgIpc) is 3.00. The second-order valence-electron chi connectivity index (χ2n) is 5.76. The molecule has 2 unspecified atom stereocenters. The zero-order valence-corrected chi connectivity index (χ0v) is 11.9. The van der Waals surface area contributed by atoms with Gasteiger partial charge in [0.25, 0.3) is 0 Å². The van der Waals surface area contributed by atoms with Gasteiger partial charge >= 0.3 is 0 Å². The molecule has 2 heteroatoms. The molecule has 0 radical (unpaired) electrons. The molecule has 0 bridgehead atoms. The standard InChI is InChI=1S/C18H19NO/c1-4-9-19-13-10-12-7-6-8-14-15(12)16(17(13)19)18(20-14)11(3)5-2/h4,6-8,13,18H,1,3,5,9-10H2,2H3. The second-order valence-corrected chi connectivity index (χ2v) is 5.76. The lowest BCUT2D eigenvalue weighted by atomic mass is 9.87. The van der Waals surface area contributed by atoms with Crippen LogP contribution in [0.1, 0.15) is 24.5 Å². The van der Waals surface area contributed by atoms with E-state index in [2.05, 4.69) is 43.2 Å². The quantitative estimate of drug-likeness (QED) is 0.609. The molecule has 102 valence electrons. The molecule has 1 fully saturated rings. The third-order valence-corrected chi connectivity index (χ3v) is 4.66. The third-order valence-electron chi connectivity index (χ3n) is 4.66. The van der Waals surface area contributed by atoms with Gasteiger partial charge in [-0.15, -0.1) is 6.58 Å². The minimum atomic E-state index is 0.0452. The van der Waals surface area contributed by atoms with Crippen LogP contribution in [0.15, 0.2) is 48.7 Å². The van der Waals surface area contributed by atoms with Crippen molar-refractivity contribution in [2.75, 3.05) is 6.54 Å². The van der Waals surface area contributed by atoms with Crippen molar-refractivity contribution in [3.63, 3.8) is 0 Å². The SMILES string of the molecule is C=CCN1C2=C3c4c(cccc4OC3C(=C)CC)CC21. The average molecular weight is 265 g/mol. The molecule has 1 aliphatic carbocycles. The molecule has 1 aromatic rings. The van der Waals surface area contributed by atoms with E-state index in [9.17, 15) is 0 Å². The Balaban J connectivity index is 1.87. The number of fused-ring (bicyclic) bond motifs is 1. The summed E-state index contributed by atoms with van der Waals surface area (Å²) in [5.41, 5.74) is 6.76. The van der Waals surface area contributed by atoms with Gasteiger partial charge in [-0.05, 0) is 30.0 Å². The Morgan fingerprint density at radius 1 is 1.50 bits per heavy atom. The number of rotatable bonds is 4. The van der Waals surface area contributed by atoms with Gasteiger partial charge in [0.1, 0.15) is 11.9 Å². The normalized spacial score (nSPS) is 24.9. The summed E-state index contributed by atoms with van der Waals surface area (Å²) in [7, 11) is 0. The molecule has 0 aromatic heterocycles. The van der Waals surface area contributed by atoms with E-state index >= 15 is 0 Å². The molecule has 1 saturated heterocycles. The highest BCUT2D eigenvalue weighted by molar-refractivity contribution is 5.87. The van der Waals surface area contributed by atoms with Gasteiger partial charge in [0.2, 0.25) is 0 Å². The largest absolute Gasteiger partial charge is 0.481 e. The minimum Gasteiger partial charge on any atom is -0.481 e. The summed E-state index contributed by atoms with van der Waals surface area (Å²) in [4.78, 5) is 2.44. The summed E-state index contributed by atoms with van der Waals surface area (Å²) in [5, 5.41) is 0. The lowest BCUT2D eigenvalue weighted by molar-refractivity contribution is 0.307. The first kappa shape index (κ1) is 11.8. The van der Waals surface area contributed by atoms with Gasteiger partial charge in [0.15, 0.2) is 0 Å². The Hall–Kier alpha value is -1.96. The number of hydrogen-bond donors (Lipinski definition) is 0. The van der Waals surface area contributed by atoms with E-state index in [1.807, 2.05) is 6.08 Å². The molecule has 0 amide bonds. The van der Waals surface area contributed by atoms with E-state index in [-0.39, 0.29) is 6.10 Å². The van der Waals surface area contributed by atoms with Crippen molar-refractivity contribution in [3.8, 4) is 5.75 Å². The summed E-state index contributed by atoms with van der Waals surface area (Å²) < 4.78 is 6.20. The Morgan fingerprint density at radius 2 is 2.35 bits per heavy atom. The highest BCUT2D eigenvalue weighted by Crippen LogP contribution is 2.54. The maximum absolute atomic E-state index is 6.20. The van der Waals surface area contributed by atoms with Crippen molar-refractivity contribution in [2.45, 2.75) is 31.9 Å². The molecule has 2 nitrogen and oxygen atoms in total. The van der Waals surface area contributed by atoms with Crippen LogP contribution in [-0.4, -0.2) is 23.6 Å². The zero-order valence-electron chi connectivity index (χ0n) is 11.9. The highest BCUT2D eigenvalue weighted by Gasteiger charge is 2.51. The van der Waals surface area contributed by atoms with Crippen molar-refractivity contribution in [1.82, 2.24) is 4.90 Å². The fourth-order valence-electron chi connectivity index (χ4n) is 3.60. The molecule has 20 heavy (non-hydrogen) atoms. The lowest BCUT2D eigenvalue weighted by Gasteiger charge is -2.15. The van der Waals surface area contributed by atoms with Crippen LogP contribution in [0.5, 0.6) is 5.75 Å². The molecule has 2 atom stereocenters. The molecule has 3 aliphatic rings. The van der Waals surface area contributed by atoms with Crippen molar-refractivity contribution < 1.29 is 4.74 Å². The number of ether oxygens (including phenoxy) is 1. The first-order valence-corrected chi connectivity index (χ1v) is 7.34. The number of nitrogens with zero attached hydrogens (tertiary/aromatic N) is 1. The summed E-state index contributed by atoms with van der Waals surface area (Å²) in [5.74, 6) is 1.04. The molecular weight excluding hydrogens is 246 g/mol. The third kappa shape index (κ3) is 1.39. The molecular formula is C18H19NO. The molecule has 0 spiro atoms. The van der Waals surface area contributed by atoms with Crippen molar-refractivity contribution in [2.24, 2.45) is 0 Å². The molecule has 0 saturated carbocycles. The van der Waals surface area contributed by atoms with Crippen molar-refractivity contribution in [3.05, 3.63) is 59.8 Å². The van der Waals surface area contributed by atoms with E-state index in [0.717, 1.165) is 25.1 Å². The lowest BCUT2D eigenvalue weighted by Crippen LogP contribution is -2.16. The van der Waals surface area contributed by atoms with E-state index in [0.29, 0.717) is 6.04 Å². The Labute approximate surface area is 120 Å². The van der Waals surface area contributed by atoms with Crippen LogP contribution < -0.4 is 4.74 Å². The van der Waals surface area contributed by atoms with Crippen molar-refractivity contribution in [1.29, 1.82) is 0 Å². The van der Waals surface area contributed by atoms with Crippen LogP contribution in [0.2, 0.25) is 0 Å². The summed E-state index contributed by atoms with van der Waals surface area (Å²) in [6.45, 7) is 11.2. The second kappa shape index (κ2) is 4.02. The molecule has 2 aliphatic heterocycles. The molecule has 1 aromatic carbocycles.